The Balaban J connectivity index is 2.20. The van der Waals surface area contributed by atoms with E-state index in [-0.39, 0.29) is 10.9 Å². The van der Waals surface area contributed by atoms with Crippen molar-refractivity contribution in [1.29, 1.82) is 0 Å². The number of hydrogen-bond donors (Lipinski definition) is 1. The maximum Gasteiger partial charge on any atom is 0.291 e. The largest absolute Gasteiger partial charge is 0.438 e. The third-order valence-corrected chi connectivity index (χ3v) is 4.51. The molecule has 7 heteroatoms. The number of rotatable bonds is 4. The van der Waals surface area contributed by atoms with Crippen LogP contribution in [-0.4, -0.2) is 32.7 Å². The molecule has 0 fully saturated rings. The summed E-state index contributed by atoms with van der Waals surface area (Å²) in [5.41, 5.74) is 1.62. The highest BCUT2D eigenvalue weighted by Gasteiger charge is 2.23. The zero-order valence-corrected chi connectivity index (χ0v) is 12.8. The lowest BCUT2D eigenvalue weighted by Crippen LogP contribution is -2.21. The SMILES string of the molecule is Cc1cccc(NC(=O)c2ccc(S(=O)(=O)N(C)C)o2)c1. The van der Waals surface area contributed by atoms with Gasteiger partial charge in [-0.2, -0.15) is 0 Å². The minimum atomic E-state index is -3.68. The number of anilines is 1. The van der Waals surface area contributed by atoms with E-state index in [1.54, 1.807) is 12.1 Å². The van der Waals surface area contributed by atoms with Crippen molar-refractivity contribution in [2.24, 2.45) is 0 Å². The van der Waals surface area contributed by atoms with Crippen LogP contribution >= 0.6 is 0 Å². The Hall–Kier alpha value is -2.12. The van der Waals surface area contributed by atoms with E-state index in [2.05, 4.69) is 5.32 Å². The van der Waals surface area contributed by atoms with Crippen molar-refractivity contribution < 1.29 is 17.6 Å². The molecule has 0 radical (unpaired) electrons. The Morgan fingerprint density at radius 3 is 2.52 bits per heavy atom. The number of benzene rings is 1. The number of carbonyl (C=O) groups is 1. The standard InChI is InChI=1S/C14H16N2O4S/c1-10-5-4-6-11(9-10)15-14(17)12-7-8-13(20-12)21(18,19)16(2)3/h4-9H,1-3H3,(H,15,17). The van der Waals surface area contributed by atoms with Gasteiger partial charge in [0, 0.05) is 19.8 Å². The summed E-state index contributed by atoms with van der Waals surface area (Å²) in [5.74, 6) is -0.558. The van der Waals surface area contributed by atoms with Gasteiger partial charge in [-0.25, -0.2) is 12.7 Å². The zero-order valence-electron chi connectivity index (χ0n) is 12.0. The van der Waals surface area contributed by atoms with Crippen LogP contribution in [-0.2, 0) is 10.0 Å². The van der Waals surface area contributed by atoms with Crippen LogP contribution in [0.25, 0.3) is 0 Å². The molecule has 1 aromatic heterocycles. The van der Waals surface area contributed by atoms with Crippen LogP contribution in [0.15, 0.2) is 45.9 Å². The summed E-state index contributed by atoms with van der Waals surface area (Å²) in [5, 5.41) is 2.39. The van der Waals surface area contributed by atoms with Crippen molar-refractivity contribution in [3.63, 3.8) is 0 Å². The topological polar surface area (TPSA) is 79.6 Å². The molecule has 0 aliphatic carbocycles. The highest BCUT2D eigenvalue weighted by molar-refractivity contribution is 7.88. The van der Waals surface area contributed by atoms with E-state index in [1.165, 1.54) is 26.2 Å². The van der Waals surface area contributed by atoms with E-state index >= 15 is 0 Å². The van der Waals surface area contributed by atoms with Gasteiger partial charge in [0.05, 0.1) is 0 Å². The van der Waals surface area contributed by atoms with Gasteiger partial charge in [-0.1, -0.05) is 12.1 Å². The molecule has 0 atom stereocenters. The highest BCUT2D eigenvalue weighted by atomic mass is 32.2. The summed E-state index contributed by atoms with van der Waals surface area (Å²) in [6.45, 7) is 1.91. The molecule has 0 aliphatic heterocycles. The number of aryl methyl sites for hydroxylation is 1. The number of nitrogens with one attached hydrogen (secondary N) is 1. The second-order valence-corrected chi connectivity index (χ2v) is 6.81. The van der Waals surface area contributed by atoms with Gasteiger partial charge in [0.2, 0.25) is 5.09 Å². The fraction of sp³-hybridized carbons (Fsp3) is 0.214. The monoisotopic (exact) mass is 308 g/mol. The second kappa shape index (κ2) is 5.71. The molecule has 0 unspecified atom stereocenters. The first-order valence-electron chi connectivity index (χ1n) is 6.21. The fourth-order valence-electron chi connectivity index (χ4n) is 1.68. The van der Waals surface area contributed by atoms with Gasteiger partial charge in [-0.3, -0.25) is 4.79 Å². The molecule has 0 bridgehead atoms. The number of hydrogen-bond acceptors (Lipinski definition) is 4. The van der Waals surface area contributed by atoms with Crippen molar-refractivity contribution in [3.05, 3.63) is 47.7 Å². The quantitative estimate of drug-likeness (QED) is 0.938. The predicted molar refractivity (Wildman–Crippen MR) is 78.7 cm³/mol. The zero-order chi connectivity index (χ0) is 15.6. The number of amides is 1. The first-order valence-corrected chi connectivity index (χ1v) is 7.65. The average molecular weight is 308 g/mol. The van der Waals surface area contributed by atoms with Crippen molar-refractivity contribution in [1.82, 2.24) is 4.31 Å². The van der Waals surface area contributed by atoms with E-state index in [1.807, 2.05) is 19.1 Å². The predicted octanol–water partition coefficient (Wildman–Crippen LogP) is 2.09. The minimum absolute atomic E-state index is 0.0584. The number of carbonyl (C=O) groups excluding carboxylic acids is 1. The summed E-state index contributed by atoms with van der Waals surface area (Å²) in [4.78, 5) is 12.0. The Morgan fingerprint density at radius 2 is 1.90 bits per heavy atom. The lowest BCUT2D eigenvalue weighted by atomic mass is 10.2. The van der Waals surface area contributed by atoms with Gasteiger partial charge in [0.25, 0.3) is 15.9 Å². The summed E-state index contributed by atoms with van der Waals surface area (Å²) >= 11 is 0. The molecule has 6 nitrogen and oxygen atoms in total. The number of sulfonamides is 1. The third-order valence-electron chi connectivity index (χ3n) is 2.82. The van der Waals surface area contributed by atoms with Crippen molar-refractivity contribution in [3.8, 4) is 0 Å². The fourth-order valence-corrected chi connectivity index (χ4v) is 2.47. The Morgan fingerprint density at radius 1 is 1.19 bits per heavy atom. The van der Waals surface area contributed by atoms with Crippen LogP contribution in [0, 0.1) is 6.92 Å². The smallest absolute Gasteiger partial charge is 0.291 e. The molecule has 0 saturated carbocycles. The maximum atomic E-state index is 12.0. The average Bonchev–Trinajstić information content (AvgIpc) is 2.88. The lowest BCUT2D eigenvalue weighted by Gasteiger charge is -2.08. The summed E-state index contributed by atoms with van der Waals surface area (Å²) in [6.07, 6.45) is 0. The second-order valence-electron chi connectivity index (χ2n) is 4.73. The van der Waals surface area contributed by atoms with E-state index in [0.29, 0.717) is 5.69 Å². The Bertz CT molecular complexity index is 763. The molecule has 1 aromatic carbocycles. The molecule has 0 aliphatic rings. The van der Waals surface area contributed by atoms with Crippen LogP contribution in [0.4, 0.5) is 5.69 Å². The molecular weight excluding hydrogens is 292 g/mol. The molecule has 2 aromatic rings. The molecule has 21 heavy (non-hydrogen) atoms. The number of furan rings is 1. The molecule has 0 saturated heterocycles. The van der Waals surface area contributed by atoms with Gasteiger partial charge in [-0.15, -0.1) is 0 Å². The van der Waals surface area contributed by atoms with Gasteiger partial charge >= 0.3 is 0 Å². The van der Waals surface area contributed by atoms with E-state index in [0.717, 1.165) is 9.87 Å². The van der Waals surface area contributed by atoms with Crippen molar-refractivity contribution in [2.45, 2.75) is 12.0 Å². The van der Waals surface area contributed by atoms with E-state index in [4.69, 9.17) is 4.42 Å². The van der Waals surface area contributed by atoms with Gasteiger partial charge in [-0.05, 0) is 36.8 Å². The molecule has 1 amide bonds. The van der Waals surface area contributed by atoms with Crippen LogP contribution in [0.1, 0.15) is 16.1 Å². The Kier molecular flexibility index (Phi) is 4.15. The van der Waals surface area contributed by atoms with Crippen LogP contribution in [0.5, 0.6) is 0 Å². The summed E-state index contributed by atoms with van der Waals surface area (Å²) < 4.78 is 29.9. The van der Waals surface area contributed by atoms with Crippen LogP contribution < -0.4 is 5.32 Å². The van der Waals surface area contributed by atoms with Crippen LogP contribution in [0.2, 0.25) is 0 Å². The van der Waals surface area contributed by atoms with Gasteiger partial charge < -0.3 is 9.73 Å². The number of nitrogens with zero attached hydrogens (tertiary/aromatic N) is 1. The molecule has 0 spiro atoms. The molecule has 1 N–H and O–H groups in total. The summed E-state index contributed by atoms with van der Waals surface area (Å²) in [6, 6.07) is 9.87. The normalized spacial score (nSPS) is 11.6. The first kappa shape index (κ1) is 15.3. The first-order chi connectivity index (χ1) is 9.80. The van der Waals surface area contributed by atoms with E-state index in [9.17, 15) is 13.2 Å². The molecule has 1 heterocycles. The Labute approximate surface area is 123 Å². The molecule has 112 valence electrons. The van der Waals surface area contributed by atoms with Gasteiger partial charge in [0.1, 0.15) is 0 Å². The van der Waals surface area contributed by atoms with Crippen LogP contribution in [0.3, 0.4) is 0 Å². The van der Waals surface area contributed by atoms with Crippen molar-refractivity contribution in [2.75, 3.05) is 19.4 Å². The molecule has 2 rings (SSSR count). The third kappa shape index (κ3) is 3.32. The van der Waals surface area contributed by atoms with E-state index < -0.39 is 15.9 Å². The van der Waals surface area contributed by atoms with Gasteiger partial charge in [0.15, 0.2) is 5.76 Å². The minimum Gasteiger partial charge on any atom is -0.438 e. The highest BCUT2D eigenvalue weighted by Crippen LogP contribution is 2.18. The van der Waals surface area contributed by atoms with Crippen molar-refractivity contribution >= 4 is 21.6 Å². The lowest BCUT2D eigenvalue weighted by molar-refractivity contribution is 0.0991. The summed E-state index contributed by atoms with van der Waals surface area (Å²) in [7, 11) is -0.896. The molecular formula is C14H16N2O4S. The maximum absolute atomic E-state index is 12.0.